The molecule has 28 heavy (non-hydrogen) atoms. The second-order valence-electron chi connectivity index (χ2n) is 7.95. The fraction of sp³-hybridized carbons (Fsp3) is 0.417. The molecule has 0 aromatic heterocycles. The van der Waals surface area contributed by atoms with Crippen molar-refractivity contribution in [2.24, 2.45) is 0 Å². The fourth-order valence-electron chi connectivity index (χ4n) is 4.37. The van der Waals surface area contributed by atoms with Gasteiger partial charge in [-0.2, -0.15) is 0 Å². The lowest BCUT2D eigenvalue weighted by Crippen LogP contribution is -2.52. The Morgan fingerprint density at radius 3 is 1.57 bits per heavy atom. The van der Waals surface area contributed by atoms with Crippen LogP contribution in [-0.4, -0.2) is 34.7 Å². The fourth-order valence-corrected chi connectivity index (χ4v) is 4.37. The molecular formula is C24H30N2O2. The minimum absolute atomic E-state index is 0.0572. The molecule has 2 atom stereocenters. The van der Waals surface area contributed by atoms with E-state index in [1.807, 2.05) is 21.9 Å². The predicted octanol–water partition coefficient (Wildman–Crippen LogP) is 4.23. The van der Waals surface area contributed by atoms with E-state index in [-0.39, 0.29) is 12.1 Å². The summed E-state index contributed by atoms with van der Waals surface area (Å²) in [5.74, 6) is 0. The molecule has 3 rings (SSSR count). The first-order valence-corrected chi connectivity index (χ1v) is 10.1. The molecule has 0 bridgehead atoms. The first kappa shape index (κ1) is 20.1. The average Bonchev–Trinajstić information content (AvgIpc) is 2.70. The largest absolute Gasteiger partial charge is 0.336 e. The zero-order chi connectivity index (χ0) is 19.9. The molecule has 0 heterocycles. The van der Waals surface area contributed by atoms with Crippen LogP contribution < -0.4 is 0 Å². The maximum atomic E-state index is 12.0. The van der Waals surface area contributed by atoms with Gasteiger partial charge in [0.15, 0.2) is 0 Å². The van der Waals surface area contributed by atoms with Gasteiger partial charge in [-0.1, -0.05) is 72.5 Å². The number of nitrogens with zero attached hydrogens (tertiary/aromatic N) is 2. The summed E-state index contributed by atoms with van der Waals surface area (Å²) < 4.78 is 0. The van der Waals surface area contributed by atoms with E-state index in [0.717, 1.165) is 49.6 Å². The highest BCUT2D eigenvalue weighted by Crippen LogP contribution is 2.28. The minimum atomic E-state index is 0.0572. The zero-order valence-corrected chi connectivity index (χ0v) is 16.9. The number of benzene rings is 2. The summed E-state index contributed by atoms with van der Waals surface area (Å²) in [5.41, 5.74) is 4.65. The molecule has 1 aliphatic rings. The third kappa shape index (κ3) is 5.00. The van der Waals surface area contributed by atoms with Gasteiger partial charge >= 0.3 is 0 Å². The van der Waals surface area contributed by atoms with E-state index in [2.05, 4.69) is 50.2 Å². The van der Waals surface area contributed by atoms with Crippen molar-refractivity contribution in [1.82, 2.24) is 9.80 Å². The Hall–Kier alpha value is -2.62. The molecule has 2 aromatic carbocycles. The van der Waals surface area contributed by atoms with E-state index in [1.54, 1.807) is 0 Å². The van der Waals surface area contributed by atoms with E-state index in [9.17, 15) is 9.59 Å². The molecule has 0 radical (unpaired) electrons. The Morgan fingerprint density at radius 2 is 1.21 bits per heavy atom. The number of aryl methyl sites for hydroxylation is 2. The standard InChI is InChI=1S/C24H30N2O2/c1-19-7-5-9-21(13-19)15-25(17-27)23-11-3-4-12-24(23)26(18-28)16-22-10-6-8-20(2)14-22/h5-10,13-14,17-18,23-24H,3-4,11-12,15-16H2,1-2H3/t23-,24-/m1/s1. The highest BCUT2D eigenvalue weighted by Gasteiger charge is 2.33. The molecule has 1 aliphatic carbocycles. The summed E-state index contributed by atoms with van der Waals surface area (Å²) in [5, 5.41) is 0. The van der Waals surface area contributed by atoms with E-state index in [4.69, 9.17) is 0 Å². The third-order valence-corrected chi connectivity index (χ3v) is 5.71. The van der Waals surface area contributed by atoms with Gasteiger partial charge in [0, 0.05) is 13.1 Å². The van der Waals surface area contributed by atoms with Crippen molar-refractivity contribution in [1.29, 1.82) is 0 Å². The molecule has 4 nitrogen and oxygen atoms in total. The van der Waals surface area contributed by atoms with Gasteiger partial charge in [-0.25, -0.2) is 0 Å². The number of carbonyl (C=O) groups is 2. The van der Waals surface area contributed by atoms with Crippen LogP contribution in [0.2, 0.25) is 0 Å². The summed E-state index contributed by atoms with van der Waals surface area (Å²) >= 11 is 0. The summed E-state index contributed by atoms with van der Waals surface area (Å²) in [7, 11) is 0. The molecule has 148 valence electrons. The van der Waals surface area contributed by atoms with Gasteiger partial charge in [-0.05, 0) is 37.8 Å². The molecule has 2 aromatic rings. The molecule has 4 heteroatoms. The van der Waals surface area contributed by atoms with Crippen LogP contribution in [0.25, 0.3) is 0 Å². The van der Waals surface area contributed by atoms with Crippen LogP contribution in [0.3, 0.4) is 0 Å². The van der Waals surface area contributed by atoms with Gasteiger partial charge in [0.2, 0.25) is 12.8 Å². The summed E-state index contributed by atoms with van der Waals surface area (Å²) in [6.07, 6.45) is 5.98. The Bertz CT molecular complexity index is 737. The molecular weight excluding hydrogens is 348 g/mol. The van der Waals surface area contributed by atoms with Gasteiger partial charge in [0.05, 0.1) is 12.1 Å². The van der Waals surface area contributed by atoms with Gasteiger partial charge in [0.25, 0.3) is 0 Å². The maximum Gasteiger partial charge on any atom is 0.210 e. The van der Waals surface area contributed by atoms with Crippen LogP contribution in [0.5, 0.6) is 0 Å². The van der Waals surface area contributed by atoms with Crippen molar-refractivity contribution in [3.63, 3.8) is 0 Å². The molecule has 2 amide bonds. The Morgan fingerprint density at radius 1 is 0.786 bits per heavy atom. The highest BCUT2D eigenvalue weighted by molar-refractivity contribution is 5.51. The number of rotatable bonds is 8. The zero-order valence-electron chi connectivity index (χ0n) is 16.9. The van der Waals surface area contributed by atoms with E-state index >= 15 is 0 Å². The number of hydrogen-bond acceptors (Lipinski definition) is 2. The van der Waals surface area contributed by atoms with Crippen molar-refractivity contribution in [3.05, 3.63) is 70.8 Å². The SMILES string of the molecule is Cc1cccc(CN(C=O)[C@@H]2CCCC[C@H]2N(C=O)Cc2cccc(C)c2)c1. The summed E-state index contributed by atoms with van der Waals surface area (Å²) in [6, 6.07) is 16.7. The Labute approximate surface area is 168 Å². The van der Waals surface area contributed by atoms with Crippen molar-refractivity contribution < 1.29 is 9.59 Å². The van der Waals surface area contributed by atoms with Crippen LogP contribution in [0, 0.1) is 13.8 Å². The van der Waals surface area contributed by atoms with Gasteiger partial charge < -0.3 is 9.80 Å². The molecule has 1 saturated carbocycles. The lowest BCUT2D eigenvalue weighted by molar-refractivity contribution is -0.129. The second kappa shape index (κ2) is 9.54. The Kier molecular flexibility index (Phi) is 6.85. The van der Waals surface area contributed by atoms with Gasteiger partial charge in [-0.15, -0.1) is 0 Å². The molecule has 0 N–H and O–H groups in total. The van der Waals surface area contributed by atoms with Crippen molar-refractivity contribution >= 4 is 12.8 Å². The molecule has 0 unspecified atom stereocenters. The normalized spacial score (nSPS) is 19.1. The average molecular weight is 379 g/mol. The number of carbonyl (C=O) groups excluding carboxylic acids is 2. The number of hydrogen-bond donors (Lipinski definition) is 0. The van der Waals surface area contributed by atoms with Crippen LogP contribution in [0.15, 0.2) is 48.5 Å². The van der Waals surface area contributed by atoms with Crippen LogP contribution in [0.4, 0.5) is 0 Å². The molecule has 0 saturated heterocycles. The van der Waals surface area contributed by atoms with Crippen molar-refractivity contribution in [2.75, 3.05) is 0 Å². The topological polar surface area (TPSA) is 40.6 Å². The molecule has 0 spiro atoms. The first-order chi connectivity index (χ1) is 13.6. The smallest absolute Gasteiger partial charge is 0.210 e. The van der Waals surface area contributed by atoms with E-state index in [0.29, 0.717) is 13.1 Å². The lowest BCUT2D eigenvalue weighted by atomic mass is 9.87. The maximum absolute atomic E-state index is 12.0. The molecule has 0 aliphatic heterocycles. The minimum Gasteiger partial charge on any atom is -0.336 e. The van der Waals surface area contributed by atoms with Crippen LogP contribution in [0.1, 0.15) is 47.9 Å². The third-order valence-electron chi connectivity index (χ3n) is 5.71. The van der Waals surface area contributed by atoms with Gasteiger partial charge in [-0.3, -0.25) is 9.59 Å². The quantitative estimate of drug-likeness (QED) is 0.645. The highest BCUT2D eigenvalue weighted by atomic mass is 16.1. The summed E-state index contributed by atoms with van der Waals surface area (Å²) in [6.45, 7) is 5.30. The van der Waals surface area contributed by atoms with Crippen LogP contribution in [-0.2, 0) is 22.7 Å². The predicted molar refractivity (Wildman–Crippen MR) is 112 cm³/mol. The summed E-state index contributed by atoms with van der Waals surface area (Å²) in [4.78, 5) is 27.7. The van der Waals surface area contributed by atoms with E-state index < -0.39 is 0 Å². The van der Waals surface area contributed by atoms with Crippen molar-refractivity contribution in [2.45, 2.75) is 64.7 Å². The number of amides is 2. The monoisotopic (exact) mass is 378 g/mol. The van der Waals surface area contributed by atoms with E-state index in [1.165, 1.54) is 11.1 Å². The second-order valence-corrected chi connectivity index (χ2v) is 7.95. The van der Waals surface area contributed by atoms with Gasteiger partial charge in [0.1, 0.15) is 0 Å². The Balaban J connectivity index is 1.78. The molecule has 1 fully saturated rings. The van der Waals surface area contributed by atoms with Crippen LogP contribution >= 0.6 is 0 Å². The first-order valence-electron chi connectivity index (χ1n) is 10.1. The van der Waals surface area contributed by atoms with Crippen molar-refractivity contribution in [3.8, 4) is 0 Å². The lowest BCUT2D eigenvalue weighted by Gasteiger charge is -2.42.